The summed E-state index contributed by atoms with van der Waals surface area (Å²) in [6.45, 7) is 2.65. The van der Waals surface area contributed by atoms with E-state index in [1.54, 1.807) is 0 Å². The van der Waals surface area contributed by atoms with E-state index in [0.29, 0.717) is 6.54 Å². The zero-order valence-corrected chi connectivity index (χ0v) is 10.7. The molecule has 88 valence electrons. The maximum atomic E-state index is 13.1. The molecule has 0 bridgehead atoms. The summed E-state index contributed by atoms with van der Waals surface area (Å²) in [7, 11) is -2.67. The highest BCUT2D eigenvalue weighted by Gasteiger charge is 2.25. The molecule has 0 amide bonds. The Hall–Kier alpha value is -1.37. The van der Waals surface area contributed by atoms with E-state index in [1.807, 2.05) is 67.6 Å². The first-order chi connectivity index (χ1) is 8.27. The highest BCUT2D eigenvalue weighted by Crippen LogP contribution is 2.37. The minimum Gasteiger partial charge on any atom is -0.297 e. The molecule has 2 rings (SSSR count). The molecular formula is C14H16NOP. The molecule has 0 aromatic heterocycles. The van der Waals surface area contributed by atoms with E-state index < -0.39 is 7.29 Å². The second-order valence-electron chi connectivity index (χ2n) is 3.79. The Morgan fingerprint density at radius 3 is 1.65 bits per heavy atom. The average molecular weight is 245 g/mol. The summed E-state index contributed by atoms with van der Waals surface area (Å²) in [4.78, 5) is 0. The molecular weight excluding hydrogens is 229 g/mol. The van der Waals surface area contributed by atoms with E-state index in [-0.39, 0.29) is 0 Å². The lowest BCUT2D eigenvalue weighted by Gasteiger charge is -2.19. The average Bonchev–Trinajstić information content (AvgIpc) is 2.41. The van der Waals surface area contributed by atoms with Gasteiger partial charge in [-0.15, -0.1) is 0 Å². The van der Waals surface area contributed by atoms with Gasteiger partial charge in [0.1, 0.15) is 0 Å². The van der Waals surface area contributed by atoms with Gasteiger partial charge in [0, 0.05) is 10.6 Å². The van der Waals surface area contributed by atoms with Gasteiger partial charge < -0.3 is 0 Å². The Kier molecular flexibility index (Phi) is 3.78. The van der Waals surface area contributed by atoms with Crippen LogP contribution in [0.15, 0.2) is 60.7 Å². The van der Waals surface area contributed by atoms with Gasteiger partial charge in [0.25, 0.3) is 0 Å². The van der Waals surface area contributed by atoms with Crippen molar-refractivity contribution in [1.82, 2.24) is 5.09 Å². The van der Waals surface area contributed by atoms with Crippen molar-refractivity contribution in [1.29, 1.82) is 0 Å². The molecule has 0 unspecified atom stereocenters. The van der Waals surface area contributed by atoms with Crippen molar-refractivity contribution in [2.75, 3.05) is 6.54 Å². The van der Waals surface area contributed by atoms with Crippen LogP contribution in [-0.2, 0) is 4.57 Å². The van der Waals surface area contributed by atoms with Crippen LogP contribution in [0.3, 0.4) is 0 Å². The smallest absolute Gasteiger partial charge is 0.204 e. The normalized spacial score (nSPS) is 11.4. The molecule has 2 nitrogen and oxygen atoms in total. The molecule has 0 aliphatic rings. The largest absolute Gasteiger partial charge is 0.297 e. The summed E-state index contributed by atoms with van der Waals surface area (Å²) in [5.74, 6) is 0. The molecule has 3 heteroatoms. The first-order valence-corrected chi connectivity index (χ1v) is 7.44. The molecule has 0 spiro atoms. The van der Waals surface area contributed by atoms with Gasteiger partial charge in [-0.1, -0.05) is 43.3 Å². The number of nitrogens with one attached hydrogen (secondary N) is 1. The van der Waals surface area contributed by atoms with Gasteiger partial charge in [-0.3, -0.25) is 9.65 Å². The number of benzene rings is 2. The van der Waals surface area contributed by atoms with Gasteiger partial charge in [0.15, 0.2) is 0 Å². The fraction of sp³-hybridized carbons (Fsp3) is 0.143. The fourth-order valence-corrected chi connectivity index (χ4v) is 4.12. The molecule has 0 radical (unpaired) electrons. The molecule has 2 aromatic carbocycles. The van der Waals surface area contributed by atoms with Crippen LogP contribution in [0, 0.1) is 0 Å². The van der Waals surface area contributed by atoms with Crippen LogP contribution in [0.5, 0.6) is 0 Å². The molecule has 2 aromatic rings. The van der Waals surface area contributed by atoms with Crippen molar-refractivity contribution in [3.8, 4) is 0 Å². The van der Waals surface area contributed by atoms with Crippen molar-refractivity contribution < 1.29 is 4.57 Å². The van der Waals surface area contributed by atoms with E-state index in [0.717, 1.165) is 10.6 Å². The van der Waals surface area contributed by atoms with Gasteiger partial charge in [-0.25, -0.2) is 0 Å². The van der Waals surface area contributed by atoms with E-state index in [2.05, 4.69) is 5.09 Å². The topological polar surface area (TPSA) is 29.1 Å². The Morgan fingerprint density at radius 1 is 0.882 bits per heavy atom. The predicted molar refractivity (Wildman–Crippen MR) is 73.4 cm³/mol. The molecule has 1 N–H and O–H groups in total. The minimum absolute atomic E-state index is 0.682. The lowest BCUT2D eigenvalue weighted by molar-refractivity contribution is 0.579. The standard InChI is InChI=1S/C14H16NOP/c1-2-15-17(16,13-9-5-3-6-10-13)14-11-7-4-8-12-14/h3-12H,2H2,1H3,(H,15,16). The quantitative estimate of drug-likeness (QED) is 0.839. The minimum atomic E-state index is -2.67. The molecule has 0 heterocycles. The number of rotatable bonds is 4. The van der Waals surface area contributed by atoms with Gasteiger partial charge in [-0.2, -0.15) is 0 Å². The fourth-order valence-electron chi connectivity index (χ4n) is 1.83. The third-order valence-corrected chi connectivity index (χ3v) is 5.43. The summed E-state index contributed by atoms with van der Waals surface area (Å²) < 4.78 is 13.1. The van der Waals surface area contributed by atoms with Gasteiger partial charge in [0.2, 0.25) is 7.29 Å². The van der Waals surface area contributed by atoms with Crippen molar-refractivity contribution in [3.05, 3.63) is 60.7 Å². The molecule has 0 saturated carbocycles. The Morgan fingerprint density at radius 2 is 1.29 bits per heavy atom. The highest BCUT2D eigenvalue weighted by atomic mass is 31.2. The predicted octanol–water partition coefficient (Wildman–Crippen LogP) is 2.53. The van der Waals surface area contributed by atoms with Crippen LogP contribution in [0.2, 0.25) is 0 Å². The number of hydrogen-bond acceptors (Lipinski definition) is 1. The van der Waals surface area contributed by atoms with Crippen LogP contribution in [0.1, 0.15) is 6.92 Å². The lowest BCUT2D eigenvalue weighted by atomic mass is 10.4. The summed E-state index contributed by atoms with van der Waals surface area (Å²) in [6.07, 6.45) is 0. The first kappa shape index (κ1) is 12.1. The second-order valence-corrected chi connectivity index (χ2v) is 6.36. The Labute approximate surface area is 102 Å². The van der Waals surface area contributed by atoms with E-state index in [1.165, 1.54) is 0 Å². The Bertz CT molecular complexity index is 467. The van der Waals surface area contributed by atoms with Gasteiger partial charge >= 0.3 is 0 Å². The molecule has 0 aliphatic heterocycles. The molecule has 0 atom stereocenters. The Balaban J connectivity index is 2.51. The summed E-state index contributed by atoms with van der Waals surface area (Å²) in [5, 5.41) is 4.86. The summed E-state index contributed by atoms with van der Waals surface area (Å²) >= 11 is 0. The van der Waals surface area contributed by atoms with Gasteiger partial charge in [0.05, 0.1) is 0 Å². The number of hydrogen-bond donors (Lipinski definition) is 1. The lowest BCUT2D eigenvalue weighted by Crippen LogP contribution is -2.27. The van der Waals surface area contributed by atoms with Crippen LogP contribution in [0.25, 0.3) is 0 Å². The van der Waals surface area contributed by atoms with Gasteiger partial charge in [-0.05, 0) is 30.8 Å². The molecule has 17 heavy (non-hydrogen) atoms. The summed E-state index contributed by atoms with van der Waals surface area (Å²) in [6, 6.07) is 19.2. The first-order valence-electron chi connectivity index (χ1n) is 5.74. The van der Waals surface area contributed by atoms with Crippen LogP contribution in [0.4, 0.5) is 0 Å². The maximum Gasteiger partial charge on any atom is 0.204 e. The van der Waals surface area contributed by atoms with Crippen molar-refractivity contribution in [2.24, 2.45) is 0 Å². The maximum absolute atomic E-state index is 13.1. The SMILES string of the molecule is CCNP(=O)(c1ccccc1)c1ccccc1. The van der Waals surface area contributed by atoms with E-state index >= 15 is 0 Å². The van der Waals surface area contributed by atoms with Crippen LogP contribution < -0.4 is 15.7 Å². The summed E-state index contributed by atoms with van der Waals surface area (Å²) in [5.41, 5.74) is 0. The second kappa shape index (κ2) is 5.31. The third-order valence-electron chi connectivity index (χ3n) is 2.62. The van der Waals surface area contributed by atoms with E-state index in [4.69, 9.17) is 0 Å². The zero-order chi connectivity index (χ0) is 12.1. The van der Waals surface area contributed by atoms with Crippen LogP contribution >= 0.6 is 7.29 Å². The molecule has 0 fully saturated rings. The highest BCUT2D eigenvalue weighted by molar-refractivity contribution is 7.76. The molecule has 0 saturated heterocycles. The van der Waals surface area contributed by atoms with Crippen molar-refractivity contribution in [2.45, 2.75) is 6.92 Å². The van der Waals surface area contributed by atoms with Crippen LogP contribution in [-0.4, -0.2) is 6.54 Å². The van der Waals surface area contributed by atoms with Crippen molar-refractivity contribution >= 4 is 17.9 Å². The molecule has 0 aliphatic carbocycles. The van der Waals surface area contributed by atoms with E-state index in [9.17, 15) is 4.57 Å². The third kappa shape index (κ3) is 2.49. The zero-order valence-electron chi connectivity index (χ0n) is 9.84. The monoisotopic (exact) mass is 245 g/mol. The van der Waals surface area contributed by atoms with Crippen molar-refractivity contribution in [3.63, 3.8) is 0 Å².